The number of fused-ring (bicyclic) bond motifs is 1. The van der Waals surface area contributed by atoms with Gasteiger partial charge in [0.05, 0.1) is 11.2 Å². The fourth-order valence-corrected chi connectivity index (χ4v) is 2.11. The van der Waals surface area contributed by atoms with Crippen molar-refractivity contribution in [2.45, 2.75) is 0 Å². The molecule has 0 unspecified atom stereocenters. The number of benzene rings is 2. The van der Waals surface area contributed by atoms with E-state index in [-0.39, 0.29) is 0 Å². The lowest BCUT2D eigenvalue weighted by Crippen LogP contribution is -1.93. The molecule has 19 heavy (non-hydrogen) atoms. The van der Waals surface area contributed by atoms with Gasteiger partial charge in [-0.2, -0.15) is 0 Å². The number of nitrogen functional groups attached to an aromatic ring is 1. The molecule has 0 saturated heterocycles. The SMILES string of the molecule is C#Cc1cc(N)ccc1-c1ncnc2ccccc12. The first-order valence-electron chi connectivity index (χ1n) is 5.86. The number of anilines is 1. The Morgan fingerprint density at radius 1 is 1.05 bits per heavy atom. The van der Waals surface area contributed by atoms with Crippen LogP contribution in [0, 0.1) is 12.3 Å². The number of aromatic nitrogens is 2. The van der Waals surface area contributed by atoms with E-state index in [1.807, 2.05) is 36.4 Å². The average Bonchev–Trinajstić information content (AvgIpc) is 2.46. The second kappa shape index (κ2) is 4.43. The fraction of sp³-hybridized carbons (Fsp3) is 0. The molecule has 3 nitrogen and oxygen atoms in total. The molecule has 0 atom stereocenters. The predicted octanol–water partition coefficient (Wildman–Crippen LogP) is 2.86. The van der Waals surface area contributed by atoms with E-state index in [1.165, 1.54) is 0 Å². The summed E-state index contributed by atoms with van der Waals surface area (Å²) in [5.41, 5.74) is 9.78. The van der Waals surface area contributed by atoms with Gasteiger partial charge < -0.3 is 5.73 Å². The van der Waals surface area contributed by atoms with Gasteiger partial charge in [0, 0.05) is 22.2 Å². The van der Waals surface area contributed by atoms with E-state index in [9.17, 15) is 0 Å². The Hall–Kier alpha value is -2.86. The van der Waals surface area contributed by atoms with Gasteiger partial charge in [0.15, 0.2) is 0 Å². The van der Waals surface area contributed by atoms with E-state index in [0.717, 1.165) is 27.7 Å². The van der Waals surface area contributed by atoms with Gasteiger partial charge in [-0.05, 0) is 24.3 Å². The molecule has 0 fully saturated rings. The quantitative estimate of drug-likeness (QED) is 0.530. The first-order valence-corrected chi connectivity index (χ1v) is 5.86. The number of rotatable bonds is 1. The molecule has 0 aliphatic heterocycles. The van der Waals surface area contributed by atoms with Gasteiger partial charge in [-0.15, -0.1) is 6.42 Å². The number of nitrogens with two attached hydrogens (primary N) is 1. The third-order valence-corrected chi connectivity index (χ3v) is 3.00. The molecule has 0 amide bonds. The Morgan fingerprint density at radius 3 is 2.74 bits per heavy atom. The smallest absolute Gasteiger partial charge is 0.116 e. The molecular weight excluding hydrogens is 234 g/mol. The Bertz CT molecular complexity index is 795. The van der Waals surface area contributed by atoms with Crippen molar-refractivity contribution in [1.82, 2.24) is 9.97 Å². The third-order valence-electron chi connectivity index (χ3n) is 3.00. The van der Waals surface area contributed by atoms with Crippen LogP contribution in [0.4, 0.5) is 5.69 Å². The Morgan fingerprint density at radius 2 is 1.89 bits per heavy atom. The summed E-state index contributed by atoms with van der Waals surface area (Å²) in [6, 6.07) is 13.4. The molecule has 0 radical (unpaired) electrons. The van der Waals surface area contributed by atoms with Crippen LogP contribution >= 0.6 is 0 Å². The molecular formula is C16H11N3. The molecule has 3 aromatic rings. The lowest BCUT2D eigenvalue weighted by molar-refractivity contribution is 1.22. The highest BCUT2D eigenvalue weighted by Gasteiger charge is 2.09. The maximum atomic E-state index is 5.77. The van der Waals surface area contributed by atoms with Crippen LogP contribution in [0.3, 0.4) is 0 Å². The lowest BCUT2D eigenvalue weighted by Gasteiger charge is -2.08. The monoisotopic (exact) mass is 245 g/mol. The molecule has 0 bridgehead atoms. The van der Waals surface area contributed by atoms with Crippen molar-refractivity contribution in [2.24, 2.45) is 0 Å². The van der Waals surface area contributed by atoms with Gasteiger partial charge in [0.2, 0.25) is 0 Å². The standard InChI is InChI=1S/C16H11N3/c1-2-11-9-12(17)7-8-13(11)16-14-5-3-4-6-15(14)18-10-19-16/h1,3-10H,17H2. The fourth-order valence-electron chi connectivity index (χ4n) is 2.11. The number of terminal acetylenes is 1. The normalized spacial score (nSPS) is 10.3. The first-order chi connectivity index (χ1) is 9.29. The second-order valence-corrected chi connectivity index (χ2v) is 4.19. The molecule has 2 aromatic carbocycles. The van der Waals surface area contributed by atoms with Crippen molar-refractivity contribution in [3.63, 3.8) is 0 Å². The second-order valence-electron chi connectivity index (χ2n) is 4.19. The van der Waals surface area contributed by atoms with E-state index in [0.29, 0.717) is 5.69 Å². The van der Waals surface area contributed by atoms with E-state index < -0.39 is 0 Å². The summed E-state index contributed by atoms with van der Waals surface area (Å²) < 4.78 is 0. The van der Waals surface area contributed by atoms with Crippen LogP contribution in [-0.2, 0) is 0 Å². The van der Waals surface area contributed by atoms with Gasteiger partial charge >= 0.3 is 0 Å². The van der Waals surface area contributed by atoms with Crippen LogP contribution in [0.5, 0.6) is 0 Å². The van der Waals surface area contributed by atoms with Crippen LogP contribution in [-0.4, -0.2) is 9.97 Å². The summed E-state index contributed by atoms with van der Waals surface area (Å²) in [6.45, 7) is 0. The maximum Gasteiger partial charge on any atom is 0.116 e. The van der Waals surface area contributed by atoms with Crippen molar-refractivity contribution in [2.75, 3.05) is 5.73 Å². The molecule has 0 saturated carbocycles. The highest BCUT2D eigenvalue weighted by Crippen LogP contribution is 2.28. The zero-order valence-corrected chi connectivity index (χ0v) is 10.2. The third kappa shape index (κ3) is 1.90. The zero-order chi connectivity index (χ0) is 13.2. The molecule has 3 heteroatoms. The Labute approximate surface area is 111 Å². The summed E-state index contributed by atoms with van der Waals surface area (Å²) in [6.07, 6.45) is 7.10. The number of para-hydroxylation sites is 1. The molecule has 1 aromatic heterocycles. The predicted molar refractivity (Wildman–Crippen MR) is 77.3 cm³/mol. The van der Waals surface area contributed by atoms with E-state index >= 15 is 0 Å². The molecule has 1 heterocycles. The van der Waals surface area contributed by atoms with Crippen LogP contribution in [0.2, 0.25) is 0 Å². The Balaban J connectivity index is 2.34. The summed E-state index contributed by atoms with van der Waals surface area (Å²) >= 11 is 0. The van der Waals surface area contributed by atoms with E-state index in [4.69, 9.17) is 12.2 Å². The minimum atomic E-state index is 0.648. The average molecular weight is 245 g/mol. The van der Waals surface area contributed by atoms with E-state index in [1.54, 1.807) is 12.4 Å². The molecule has 0 aliphatic rings. The van der Waals surface area contributed by atoms with Crippen LogP contribution in [0.15, 0.2) is 48.8 Å². The van der Waals surface area contributed by atoms with Gasteiger partial charge in [-0.3, -0.25) is 0 Å². The maximum absolute atomic E-state index is 5.77. The van der Waals surface area contributed by atoms with E-state index in [2.05, 4.69) is 15.9 Å². The topological polar surface area (TPSA) is 51.8 Å². The molecule has 3 rings (SSSR count). The largest absolute Gasteiger partial charge is 0.399 e. The minimum Gasteiger partial charge on any atom is -0.399 e. The summed E-state index contributed by atoms with van der Waals surface area (Å²) in [7, 11) is 0. The highest BCUT2D eigenvalue weighted by molar-refractivity contribution is 5.93. The van der Waals surface area contributed by atoms with Crippen LogP contribution in [0.1, 0.15) is 5.56 Å². The molecule has 2 N–H and O–H groups in total. The van der Waals surface area contributed by atoms with Crippen molar-refractivity contribution >= 4 is 16.6 Å². The van der Waals surface area contributed by atoms with Gasteiger partial charge in [-0.25, -0.2) is 9.97 Å². The number of hydrogen-bond acceptors (Lipinski definition) is 3. The Kier molecular flexibility index (Phi) is 2.62. The number of nitrogens with zero attached hydrogens (tertiary/aromatic N) is 2. The first kappa shape index (κ1) is 11.2. The molecule has 0 aliphatic carbocycles. The molecule has 90 valence electrons. The highest BCUT2D eigenvalue weighted by atomic mass is 14.8. The zero-order valence-electron chi connectivity index (χ0n) is 10.2. The van der Waals surface area contributed by atoms with Crippen molar-refractivity contribution in [3.8, 4) is 23.6 Å². The van der Waals surface area contributed by atoms with Gasteiger partial charge in [0.1, 0.15) is 6.33 Å². The summed E-state index contributed by atoms with van der Waals surface area (Å²) in [5.74, 6) is 2.66. The number of hydrogen-bond donors (Lipinski definition) is 1. The van der Waals surface area contributed by atoms with Gasteiger partial charge in [-0.1, -0.05) is 24.1 Å². The van der Waals surface area contributed by atoms with Crippen LogP contribution in [0.25, 0.3) is 22.2 Å². The lowest BCUT2D eigenvalue weighted by atomic mass is 10.0. The van der Waals surface area contributed by atoms with Crippen molar-refractivity contribution < 1.29 is 0 Å². The van der Waals surface area contributed by atoms with Crippen LogP contribution < -0.4 is 5.73 Å². The summed E-state index contributed by atoms with van der Waals surface area (Å²) in [5, 5.41) is 0.978. The van der Waals surface area contributed by atoms with Gasteiger partial charge in [0.25, 0.3) is 0 Å². The van der Waals surface area contributed by atoms with Crippen molar-refractivity contribution in [3.05, 3.63) is 54.4 Å². The van der Waals surface area contributed by atoms with Crippen molar-refractivity contribution in [1.29, 1.82) is 0 Å². The minimum absolute atomic E-state index is 0.648. The summed E-state index contributed by atoms with van der Waals surface area (Å²) in [4.78, 5) is 8.62. The molecule has 0 spiro atoms.